The highest BCUT2D eigenvalue weighted by Gasteiger charge is 2.60. The van der Waals surface area contributed by atoms with Gasteiger partial charge in [-0.1, -0.05) is 19.9 Å². The summed E-state index contributed by atoms with van der Waals surface area (Å²) in [6, 6.07) is 0.155. The van der Waals surface area contributed by atoms with Crippen molar-refractivity contribution in [2.75, 3.05) is 6.54 Å². The molecule has 3 fully saturated rings. The first kappa shape index (κ1) is 19.8. The minimum Gasteiger partial charge on any atom is -0.349 e. The summed E-state index contributed by atoms with van der Waals surface area (Å²) >= 11 is 0. The van der Waals surface area contributed by atoms with Gasteiger partial charge in [0, 0.05) is 17.4 Å². The van der Waals surface area contributed by atoms with E-state index in [2.05, 4.69) is 30.6 Å². The molecule has 7 atom stereocenters. The molecule has 0 spiro atoms. The molecule has 0 bridgehead atoms. The molecule has 2 amide bonds. The zero-order valence-corrected chi connectivity index (χ0v) is 16.4. The van der Waals surface area contributed by atoms with Crippen LogP contribution in [0.15, 0.2) is 12.2 Å². The highest BCUT2D eigenvalue weighted by atomic mass is 19.4. The van der Waals surface area contributed by atoms with Crippen molar-refractivity contribution in [1.82, 2.24) is 10.6 Å². The first-order chi connectivity index (χ1) is 13.0. The lowest BCUT2D eigenvalue weighted by atomic mass is 9.48. The molecule has 156 valence electrons. The van der Waals surface area contributed by atoms with Crippen LogP contribution >= 0.6 is 0 Å². The average molecular weight is 398 g/mol. The molecule has 3 aliphatic carbocycles. The molecule has 4 nitrogen and oxygen atoms in total. The van der Waals surface area contributed by atoms with Crippen LogP contribution in [-0.4, -0.2) is 30.6 Å². The Hall–Kier alpha value is -1.53. The van der Waals surface area contributed by atoms with Crippen LogP contribution in [0.25, 0.3) is 0 Å². The Bertz CT molecular complexity index is 706. The SMILES string of the molecule is C[C@]12C=CC(=O)NC1CC[C@@H]1[C@H]2CC[C@]2(C)C(C(=O)NCC(F)(F)F)CC[C@@H]12. The number of amides is 2. The predicted octanol–water partition coefficient (Wildman–Crippen LogP) is 3.58. The van der Waals surface area contributed by atoms with Crippen molar-refractivity contribution in [3.63, 3.8) is 0 Å². The molecule has 0 aromatic heterocycles. The van der Waals surface area contributed by atoms with Crippen molar-refractivity contribution in [2.24, 2.45) is 34.5 Å². The molecule has 0 aromatic rings. The first-order valence-electron chi connectivity index (χ1n) is 10.4. The van der Waals surface area contributed by atoms with Crippen LogP contribution in [0.4, 0.5) is 13.2 Å². The molecule has 0 aromatic carbocycles. The second-order valence-corrected chi connectivity index (χ2v) is 9.72. The maximum Gasteiger partial charge on any atom is 0.405 e. The van der Waals surface area contributed by atoms with E-state index >= 15 is 0 Å². The maximum absolute atomic E-state index is 12.6. The predicted molar refractivity (Wildman–Crippen MR) is 98.0 cm³/mol. The van der Waals surface area contributed by atoms with Gasteiger partial charge in [-0.2, -0.15) is 13.2 Å². The number of carbonyl (C=O) groups excluding carboxylic acids is 2. The molecule has 7 heteroatoms. The van der Waals surface area contributed by atoms with E-state index in [0.717, 1.165) is 32.1 Å². The van der Waals surface area contributed by atoms with Crippen molar-refractivity contribution in [3.05, 3.63) is 12.2 Å². The summed E-state index contributed by atoms with van der Waals surface area (Å²) in [5.74, 6) is 0.456. The second-order valence-electron chi connectivity index (χ2n) is 9.72. The zero-order chi connectivity index (χ0) is 20.3. The van der Waals surface area contributed by atoms with E-state index in [-0.39, 0.29) is 28.7 Å². The number of alkyl halides is 3. The zero-order valence-electron chi connectivity index (χ0n) is 16.4. The lowest BCUT2D eigenvalue weighted by Gasteiger charge is -2.58. The van der Waals surface area contributed by atoms with Gasteiger partial charge >= 0.3 is 6.18 Å². The highest BCUT2D eigenvalue weighted by Crippen LogP contribution is 2.64. The van der Waals surface area contributed by atoms with E-state index < -0.39 is 18.6 Å². The van der Waals surface area contributed by atoms with Crippen molar-refractivity contribution in [1.29, 1.82) is 0 Å². The fourth-order valence-electron chi connectivity index (χ4n) is 7.07. The van der Waals surface area contributed by atoms with Crippen molar-refractivity contribution in [2.45, 2.75) is 64.6 Å². The largest absolute Gasteiger partial charge is 0.405 e. The molecule has 3 saturated carbocycles. The highest BCUT2D eigenvalue weighted by molar-refractivity contribution is 5.89. The van der Waals surface area contributed by atoms with E-state index in [0.29, 0.717) is 24.2 Å². The standard InChI is InChI=1S/C21H29F3N2O2/c1-19-9-7-14-12(3-6-16-20(14,2)10-8-17(27)26-16)13(19)4-5-15(19)18(28)25-11-21(22,23)24/h8,10,12-16H,3-7,9,11H2,1-2H3,(H,25,28)(H,26,27)/t12-,13-,14+,15?,16?,19-,20+/m0/s1. The lowest BCUT2D eigenvalue weighted by molar-refractivity contribution is -0.145. The van der Waals surface area contributed by atoms with Gasteiger partial charge in [-0.25, -0.2) is 0 Å². The summed E-state index contributed by atoms with van der Waals surface area (Å²) in [6.07, 6.45) is 4.66. The minimum absolute atomic E-state index is 0.0242. The summed E-state index contributed by atoms with van der Waals surface area (Å²) in [7, 11) is 0. The van der Waals surface area contributed by atoms with Gasteiger partial charge in [-0.05, 0) is 67.8 Å². The normalized spacial score (nSPS) is 44.9. The summed E-state index contributed by atoms with van der Waals surface area (Å²) in [5.41, 5.74) is -0.309. The van der Waals surface area contributed by atoms with Crippen LogP contribution in [0.5, 0.6) is 0 Å². The lowest BCUT2D eigenvalue weighted by Crippen LogP contribution is -2.59. The van der Waals surface area contributed by atoms with E-state index in [1.165, 1.54) is 0 Å². The molecule has 4 aliphatic rings. The minimum atomic E-state index is -4.38. The Kier molecular flexibility index (Phi) is 4.58. The Morgan fingerprint density at radius 1 is 1.18 bits per heavy atom. The summed E-state index contributed by atoms with van der Waals surface area (Å²) in [6.45, 7) is 3.10. The van der Waals surface area contributed by atoms with E-state index in [1.807, 2.05) is 0 Å². The number of nitrogens with one attached hydrogen (secondary N) is 2. The topological polar surface area (TPSA) is 58.2 Å². The maximum atomic E-state index is 12.6. The number of carbonyl (C=O) groups is 2. The average Bonchev–Trinajstić information content (AvgIpc) is 2.97. The number of rotatable bonds is 2. The van der Waals surface area contributed by atoms with Crippen LogP contribution in [-0.2, 0) is 9.59 Å². The Morgan fingerprint density at radius 2 is 1.93 bits per heavy atom. The quantitative estimate of drug-likeness (QED) is 0.747. The third-order valence-corrected chi connectivity index (χ3v) is 8.47. The van der Waals surface area contributed by atoms with Gasteiger partial charge < -0.3 is 10.6 Å². The molecular weight excluding hydrogens is 369 g/mol. The van der Waals surface area contributed by atoms with Gasteiger partial charge in [0.1, 0.15) is 6.54 Å². The van der Waals surface area contributed by atoms with E-state index in [4.69, 9.17) is 0 Å². The van der Waals surface area contributed by atoms with Crippen LogP contribution in [0.3, 0.4) is 0 Å². The van der Waals surface area contributed by atoms with Crippen molar-refractivity contribution in [3.8, 4) is 0 Å². The summed E-state index contributed by atoms with van der Waals surface area (Å²) in [5, 5.41) is 5.25. The van der Waals surface area contributed by atoms with E-state index in [1.54, 1.807) is 6.08 Å². The number of hydrogen-bond acceptors (Lipinski definition) is 2. The van der Waals surface area contributed by atoms with Crippen molar-refractivity contribution < 1.29 is 22.8 Å². The number of hydrogen-bond donors (Lipinski definition) is 2. The van der Waals surface area contributed by atoms with Crippen LogP contribution in [0.2, 0.25) is 0 Å². The van der Waals surface area contributed by atoms with Gasteiger partial charge in [-0.15, -0.1) is 0 Å². The Morgan fingerprint density at radius 3 is 2.64 bits per heavy atom. The fourth-order valence-corrected chi connectivity index (χ4v) is 7.07. The smallest absolute Gasteiger partial charge is 0.349 e. The van der Waals surface area contributed by atoms with E-state index in [9.17, 15) is 22.8 Å². The van der Waals surface area contributed by atoms with Crippen LogP contribution in [0.1, 0.15) is 52.4 Å². The molecular formula is C21H29F3N2O2. The molecule has 28 heavy (non-hydrogen) atoms. The first-order valence-corrected chi connectivity index (χ1v) is 10.4. The Balaban J connectivity index is 1.53. The molecule has 0 saturated heterocycles. The molecule has 0 radical (unpaired) electrons. The van der Waals surface area contributed by atoms with Crippen LogP contribution in [0, 0.1) is 34.5 Å². The Labute approximate surface area is 163 Å². The van der Waals surface area contributed by atoms with Crippen LogP contribution < -0.4 is 10.6 Å². The van der Waals surface area contributed by atoms with Gasteiger partial charge in [-0.3, -0.25) is 9.59 Å². The summed E-state index contributed by atoms with van der Waals surface area (Å²) in [4.78, 5) is 24.4. The number of halogens is 3. The van der Waals surface area contributed by atoms with Gasteiger partial charge in [0.2, 0.25) is 11.8 Å². The van der Waals surface area contributed by atoms with Gasteiger partial charge in [0.25, 0.3) is 0 Å². The molecule has 2 N–H and O–H groups in total. The second kappa shape index (κ2) is 6.49. The van der Waals surface area contributed by atoms with Gasteiger partial charge in [0.05, 0.1) is 0 Å². The third kappa shape index (κ3) is 3.05. The monoisotopic (exact) mass is 398 g/mol. The molecule has 4 rings (SSSR count). The number of fused-ring (bicyclic) bond motifs is 5. The fraction of sp³-hybridized carbons (Fsp3) is 0.810. The molecule has 1 aliphatic heterocycles. The molecule has 2 unspecified atom stereocenters. The van der Waals surface area contributed by atoms with Gasteiger partial charge in [0.15, 0.2) is 0 Å². The molecule has 1 heterocycles. The van der Waals surface area contributed by atoms with Crippen molar-refractivity contribution >= 4 is 11.8 Å². The third-order valence-electron chi connectivity index (χ3n) is 8.47. The summed E-state index contributed by atoms with van der Waals surface area (Å²) < 4.78 is 37.6.